The van der Waals surface area contributed by atoms with Crippen LogP contribution in [0.5, 0.6) is 5.75 Å². The molecule has 0 aliphatic heterocycles. The molecule has 0 aromatic heterocycles. The Morgan fingerprint density at radius 3 is 2.04 bits per heavy atom. The third kappa shape index (κ3) is 9.26. The van der Waals surface area contributed by atoms with Crippen LogP contribution < -0.4 is 20.7 Å². The standard InChI is InChI=1S/C40H39N3O4/c1-46-36-23-17-31(18-24-36)12-11-30-15-21-35(22-16-30)43(39(44)29-47-28-33-7-3-2-4-8-33)27-32-13-19-34(20-14-32)37-9-5-6-10-38(37)40(45)42-26-25-41/h2-24H,25-29,41H2,1H3,(H,42,45). The second-order valence-electron chi connectivity index (χ2n) is 10.9. The molecule has 7 heteroatoms. The van der Waals surface area contributed by atoms with Gasteiger partial charge in [-0.1, -0.05) is 109 Å². The fourth-order valence-electron chi connectivity index (χ4n) is 5.09. The van der Waals surface area contributed by atoms with E-state index in [-0.39, 0.29) is 18.4 Å². The molecule has 0 bridgehead atoms. The van der Waals surface area contributed by atoms with Crippen LogP contribution in [0, 0.1) is 0 Å². The molecule has 5 aromatic carbocycles. The Morgan fingerprint density at radius 1 is 0.745 bits per heavy atom. The van der Waals surface area contributed by atoms with Crippen LogP contribution in [-0.4, -0.2) is 38.6 Å². The van der Waals surface area contributed by atoms with Crippen LogP contribution in [0.2, 0.25) is 0 Å². The Kier molecular flexibility index (Phi) is 11.7. The molecule has 0 radical (unpaired) electrons. The highest BCUT2D eigenvalue weighted by molar-refractivity contribution is 6.01. The minimum Gasteiger partial charge on any atom is -0.497 e. The van der Waals surface area contributed by atoms with Crippen molar-refractivity contribution in [1.29, 1.82) is 0 Å². The third-order valence-corrected chi connectivity index (χ3v) is 7.63. The average Bonchev–Trinajstić information content (AvgIpc) is 3.13. The smallest absolute Gasteiger partial charge is 0.253 e. The van der Waals surface area contributed by atoms with Crippen LogP contribution in [0.4, 0.5) is 5.69 Å². The molecule has 3 N–H and O–H groups in total. The lowest BCUT2D eigenvalue weighted by Crippen LogP contribution is -2.33. The molecule has 0 saturated heterocycles. The van der Waals surface area contributed by atoms with Crippen molar-refractivity contribution in [3.63, 3.8) is 0 Å². The monoisotopic (exact) mass is 625 g/mol. The van der Waals surface area contributed by atoms with Gasteiger partial charge in [0.05, 0.1) is 20.3 Å². The topological polar surface area (TPSA) is 93.9 Å². The summed E-state index contributed by atoms with van der Waals surface area (Å²) in [6, 6.07) is 41.0. The van der Waals surface area contributed by atoms with Crippen molar-refractivity contribution in [2.24, 2.45) is 5.73 Å². The van der Waals surface area contributed by atoms with E-state index >= 15 is 0 Å². The number of benzene rings is 5. The molecule has 238 valence electrons. The maximum atomic E-state index is 13.6. The molecule has 2 amide bonds. The molecular formula is C40H39N3O4. The van der Waals surface area contributed by atoms with Gasteiger partial charge in [-0.2, -0.15) is 0 Å². The van der Waals surface area contributed by atoms with E-state index < -0.39 is 0 Å². The third-order valence-electron chi connectivity index (χ3n) is 7.63. The van der Waals surface area contributed by atoms with Gasteiger partial charge in [0.1, 0.15) is 12.4 Å². The first-order chi connectivity index (χ1) is 23.0. The summed E-state index contributed by atoms with van der Waals surface area (Å²) < 4.78 is 11.1. The summed E-state index contributed by atoms with van der Waals surface area (Å²) >= 11 is 0. The number of amides is 2. The number of anilines is 1. The summed E-state index contributed by atoms with van der Waals surface area (Å²) in [4.78, 5) is 28.1. The van der Waals surface area contributed by atoms with Crippen molar-refractivity contribution < 1.29 is 19.1 Å². The second kappa shape index (κ2) is 16.7. The summed E-state index contributed by atoms with van der Waals surface area (Å²) in [6.45, 7) is 1.43. The number of nitrogens with two attached hydrogens (primary N) is 1. The summed E-state index contributed by atoms with van der Waals surface area (Å²) in [5.41, 5.74) is 12.7. The zero-order chi connectivity index (χ0) is 32.8. The number of ether oxygens (including phenoxy) is 2. The van der Waals surface area contributed by atoms with E-state index in [1.165, 1.54) is 0 Å². The van der Waals surface area contributed by atoms with Gasteiger partial charge in [-0.3, -0.25) is 9.59 Å². The predicted octanol–water partition coefficient (Wildman–Crippen LogP) is 6.97. The average molecular weight is 626 g/mol. The Morgan fingerprint density at radius 2 is 1.38 bits per heavy atom. The summed E-state index contributed by atoms with van der Waals surface area (Å²) in [7, 11) is 1.65. The molecule has 0 spiro atoms. The number of hydrogen-bond donors (Lipinski definition) is 2. The highest BCUT2D eigenvalue weighted by Crippen LogP contribution is 2.26. The van der Waals surface area contributed by atoms with Crippen molar-refractivity contribution in [1.82, 2.24) is 5.32 Å². The van der Waals surface area contributed by atoms with Crippen molar-refractivity contribution in [2.45, 2.75) is 13.2 Å². The molecule has 0 fully saturated rings. The van der Waals surface area contributed by atoms with Crippen LogP contribution in [0.1, 0.15) is 32.6 Å². The molecule has 0 heterocycles. The number of rotatable bonds is 14. The minimum atomic E-state index is -0.162. The number of nitrogens with one attached hydrogen (secondary N) is 1. The quantitative estimate of drug-likeness (QED) is 0.130. The lowest BCUT2D eigenvalue weighted by Gasteiger charge is -2.23. The Labute approximate surface area is 276 Å². The first kappa shape index (κ1) is 32.9. The number of carbonyl (C=O) groups excluding carboxylic acids is 2. The molecular weight excluding hydrogens is 586 g/mol. The number of methoxy groups -OCH3 is 1. The molecule has 0 saturated carbocycles. The van der Waals surface area contributed by atoms with Crippen LogP contribution in [-0.2, 0) is 22.7 Å². The largest absolute Gasteiger partial charge is 0.497 e. The van der Waals surface area contributed by atoms with Crippen molar-refractivity contribution >= 4 is 29.7 Å². The van der Waals surface area contributed by atoms with Gasteiger partial charge in [-0.05, 0) is 63.7 Å². The zero-order valence-corrected chi connectivity index (χ0v) is 26.5. The lowest BCUT2D eigenvalue weighted by molar-refractivity contribution is -0.123. The van der Waals surface area contributed by atoms with Gasteiger partial charge in [0.25, 0.3) is 11.8 Å². The molecule has 0 aliphatic rings. The highest BCUT2D eigenvalue weighted by Gasteiger charge is 2.18. The van der Waals surface area contributed by atoms with E-state index in [0.29, 0.717) is 31.8 Å². The van der Waals surface area contributed by atoms with Crippen LogP contribution in [0.15, 0.2) is 127 Å². The molecule has 0 aliphatic carbocycles. The van der Waals surface area contributed by atoms with E-state index in [0.717, 1.165) is 44.8 Å². The van der Waals surface area contributed by atoms with Crippen LogP contribution in [0.25, 0.3) is 23.3 Å². The first-order valence-corrected chi connectivity index (χ1v) is 15.5. The Hall–Kier alpha value is -5.50. The first-order valence-electron chi connectivity index (χ1n) is 15.5. The molecule has 47 heavy (non-hydrogen) atoms. The zero-order valence-electron chi connectivity index (χ0n) is 26.5. The molecule has 5 aromatic rings. The van der Waals surface area contributed by atoms with Gasteiger partial charge in [0.15, 0.2) is 0 Å². The number of carbonyl (C=O) groups is 2. The van der Waals surface area contributed by atoms with Gasteiger partial charge in [-0.25, -0.2) is 0 Å². The summed E-state index contributed by atoms with van der Waals surface area (Å²) in [6.07, 6.45) is 4.07. The fourth-order valence-corrected chi connectivity index (χ4v) is 5.09. The van der Waals surface area contributed by atoms with Gasteiger partial charge in [0.2, 0.25) is 0 Å². The second-order valence-corrected chi connectivity index (χ2v) is 10.9. The van der Waals surface area contributed by atoms with Crippen LogP contribution in [0.3, 0.4) is 0 Å². The molecule has 0 atom stereocenters. The van der Waals surface area contributed by atoms with Gasteiger partial charge in [-0.15, -0.1) is 0 Å². The summed E-state index contributed by atoms with van der Waals surface area (Å²) in [5, 5.41) is 2.85. The predicted molar refractivity (Wildman–Crippen MR) is 189 cm³/mol. The molecule has 5 rings (SSSR count). The van der Waals surface area contributed by atoms with Gasteiger partial charge >= 0.3 is 0 Å². The van der Waals surface area contributed by atoms with Crippen molar-refractivity contribution in [2.75, 3.05) is 31.7 Å². The van der Waals surface area contributed by atoms with E-state index in [1.807, 2.05) is 133 Å². The van der Waals surface area contributed by atoms with Gasteiger partial charge < -0.3 is 25.4 Å². The summed E-state index contributed by atoms with van der Waals surface area (Å²) in [5.74, 6) is 0.507. The maximum absolute atomic E-state index is 13.6. The Bertz CT molecular complexity index is 1770. The highest BCUT2D eigenvalue weighted by atomic mass is 16.5. The van der Waals surface area contributed by atoms with Crippen LogP contribution >= 0.6 is 0 Å². The lowest BCUT2D eigenvalue weighted by atomic mass is 9.98. The SMILES string of the molecule is COc1ccc(C=Cc2ccc(N(Cc3ccc(-c4ccccc4C(=O)NCCN)cc3)C(=O)COCc3ccccc3)cc2)cc1. The van der Waals surface area contributed by atoms with Crippen molar-refractivity contribution in [3.05, 3.63) is 155 Å². The normalized spacial score (nSPS) is 10.9. The van der Waals surface area contributed by atoms with Crippen molar-refractivity contribution in [3.8, 4) is 16.9 Å². The van der Waals surface area contributed by atoms with E-state index in [2.05, 4.69) is 5.32 Å². The van der Waals surface area contributed by atoms with E-state index in [1.54, 1.807) is 18.1 Å². The maximum Gasteiger partial charge on any atom is 0.253 e. The minimum absolute atomic E-state index is 0.0581. The van der Waals surface area contributed by atoms with E-state index in [9.17, 15) is 9.59 Å². The van der Waals surface area contributed by atoms with Gasteiger partial charge in [0, 0.05) is 24.3 Å². The Balaban J connectivity index is 1.33. The molecule has 0 unspecified atom stereocenters. The van der Waals surface area contributed by atoms with E-state index in [4.69, 9.17) is 15.2 Å². The fraction of sp³-hybridized carbons (Fsp3) is 0.150. The number of nitrogens with zero attached hydrogens (tertiary/aromatic N) is 1. The molecule has 7 nitrogen and oxygen atoms in total. The number of hydrogen-bond acceptors (Lipinski definition) is 5.